The van der Waals surface area contributed by atoms with Crippen molar-refractivity contribution in [1.82, 2.24) is 24.1 Å². The highest BCUT2D eigenvalue weighted by Crippen LogP contribution is 2.33. The van der Waals surface area contributed by atoms with Crippen LogP contribution in [0.15, 0.2) is 30.6 Å². The SMILES string of the molecule is Cc1cc(-c2cnc(N(Cc3c(F)ccc4c3CCO4)C(=O)O)n3cc(C(=O)C(F)(F)F)nc23)n(C)n1. The van der Waals surface area contributed by atoms with E-state index in [0.29, 0.717) is 40.6 Å². The van der Waals surface area contributed by atoms with Crippen LogP contribution in [0.4, 0.5) is 28.3 Å². The van der Waals surface area contributed by atoms with Crippen molar-refractivity contribution in [2.45, 2.75) is 26.1 Å². The second-order valence-corrected chi connectivity index (χ2v) is 8.38. The number of carboxylic acid groups (broad SMARTS) is 1. The van der Waals surface area contributed by atoms with Crippen LogP contribution in [0.1, 0.15) is 27.3 Å². The number of halogens is 4. The molecule has 10 nitrogen and oxygen atoms in total. The van der Waals surface area contributed by atoms with Gasteiger partial charge in [0.15, 0.2) is 5.65 Å². The normalized spacial score (nSPS) is 13.0. The molecule has 1 aromatic carbocycles. The van der Waals surface area contributed by atoms with Crippen LogP contribution in [0, 0.1) is 12.7 Å². The van der Waals surface area contributed by atoms with Crippen LogP contribution in [0.5, 0.6) is 5.75 Å². The molecular weight excluding hydrogens is 500 g/mol. The molecule has 0 fully saturated rings. The average molecular weight is 518 g/mol. The molecule has 0 saturated carbocycles. The first kappa shape index (κ1) is 24.2. The summed E-state index contributed by atoms with van der Waals surface area (Å²) in [5.74, 6) is -2.84. The third-order valence-electron chi connectivity index (χ3n) is 5.97. The molecule has 1 amide bonds. The first-order valence-corrected chi connectivity index (χ1v) is 10.9. The highest BCUT2D eigenvalue weighted by Gasteiger charge is 2.41. The molecule has 0 spiro atoms. The van der Waals surface area contributed by atoms with Gasteiger partial charge in [-0.05, 0) is 25.1 Å². The zero-order chi connectivity index (χ0) is 26.6. The van der Waals surface area contributed by atoms with Crippen LogP contribution in [0.2, 0.25) is 0 Å². The van der Waals surface area contributed by atoms with Gasteiger partial charge in [0.25, 0.3) is 5.78 Å². The highest BCUT2D eigenvalue weighted by molar-refractivity contribution is 6.00. The summed E-state index contributed by atoms with van der Waals surface area (Å²) < 4.78 is 62.3. The Kier molecular flexibility index (Phi) is 5.61. The van der Waals surface area contributed by atoms with Crippen molar-refractivity contribution in [2.24, 2.45) is 7.05 Å². The summed E-state index contributed by atoms with van der Waals surface area (Å²) in [6, 6.07) is 4.22. The van der Waals surface area contributed by atoms with E-state index in [1.54, 1.807) is 20.0 Å². The minimum absolute atomic E-state index is 0.0467. The van der Waals surface area contributed by atoms with Gasteiger partial charge in [-0.1, -0.05) is 0 Å². The smallest absolute Gasteiger partial charge is 0.456 e. The standard InChI is InChI=1S/C23H18F4N6O4/c1-11-7-17(31(2)30-11)13-8-28-21(32-10-16(29-20(13)32)19(34)23(25,26)27)33(22(35)36)9-14-12-5-6-37-18(12)4-3-15(14)24/h3-4,7-8,10H,5-6,9H2,1-2H3,(H,35,36). The van der Waals surface area contributed by atoms with Gasteiger partial charge in [0.1, 0.15) is 17.3 Å². The maximum absolute atomic E-state index is 14.8. The van der Waals surface area contributed by atoms with Crippen LogP contribution < -0.4 is 9.64 Å². The van der Waals surface area contributed by atoms with E-state index in [-0.39, 0.29) is 22.7 Å². The number of imidazole rings is 1. The van der Waals surface area contributed by atoms with E-state index in [1.807, 2.05) is 0 Å². The van der Waals surface area contributed by atoms with Crippen LogP contribution in [-0.4, -0.2) is 53.9 Å². The number of rotatable bonds is 5. The first-order valence-electron chi connectivity index (χ1n) is 10.9. The number of fused-ring (bicyclic) bond motifs is 2. The van der Waals surface area contributed by atoms with Gasteiger partial charge in [0, 0.05) is 37.0 Å². The molecule has 0 bridgehead atoms. The maximum atomic E-state index is 14.8. The molecule has 4 aromatic rings. The molecule has 1 aliphatic rings. The number of hydrogen-bond donors (Lipinski definition) is 1. The number of hydrogen-bond acceptors (Lipinski definition) is 6. The lowest BCUT2D eigenvalue weighted by atomic mass is 10.0. The number of Topliss-reactive ketones (excluding diaryl/α,β-unsaturated/α-hetero) is 1. The molecular formula is C23H18F4N6O4. The monoisotopic (exact) mass is 518 g/mol. The highest BCUT2D eigenvalue weighted by atomic mass is 19.4. The van der Waals surface area contributed by atoms with E-state index >= 15 is 0 Å². The summed E-state index contributed by atoms with van der Waals surface area (Å²) in [6.45, 7) is 1.49. The van der Waals surface area contributed by atoms with Gasteiger partial charge in [-0.15, -0.1) is 0 Å². The fourth-order valence-electron chi connectivity index (χ4n) is 4.33. The summed E-state index contributed by atoms with van der Waals surface area (Å²) in [5, 5.41) is 14.2. The fraction of sp³-hybridized carbons (Fsp3) is 0.261. The average Bonchev–Trinajstić information content (AvgIpc) is 3.55. The number of alkyl halides is 3. The lowest BCUT2D eigenvalue weighted by Crippen LogP contribution is -2.32. The number of aromatic nitrogens is 5. The van der Waals surface area contributed by atoms with Gasteiger partial charge < -0.3 is 9.84 Å². The second kappa shape index (κ2) is 8.57. The lowest BCUT2D eigenvalue weighted by molar-refractivity contribution is -0.0887. The van der Waals surface area contributed by atoms with Crippen LogP contribution in [-0.2, 0) is 20.0 Å². The Morgan fingerprint density at radius 1 is 1.27 bits per heavy atom. The number of carbonyl (C=O) groups excluding carboxylic acids is 1. The van der Waals surface area contributed by atoms with Crippen molar-refractivity contribution in [3.63, 3.8) is 0 Å². The van der Waals surface area contributed by atoms with E-state index in [0.717, 1.165) is 16.7 Å². The third-order valence-corrected chi connectivity index (χ3v) is 5.97. The van der Waals surface area contributed by atoms with Gasteiger partial charge >= 0.3 is 12.3 Å². The van der Waals surface area contributed by atoms with E-state index in [4.69, 9.17) is 4.74 Å². The lowest BCUT2D eigenvalue weighted by Gasteiger charge is -2.21. The minimum Gasteiger partial charge on any atom is -0.493 e. The predicted molar refractivity (Wildman–Crippen MR) is 120 cm³/mol. The minimum atomic E-state index is -5.21. The zero-order valence-electron chi connectivity index (χ0n) is 19.4. The molecule has 0 unspecified atom stereocenters. The Labute approximate surface area is 205 Å². The topological polar surface area (TPSA) is 115 Å². The molecule has 0 atom stereocenters. The number of benzene rings is 1. The zero-order valence-corrected chi connectivity index (χ0v) is 19.4. The Morgan fingerprint density at radius 3 is 2.68 bits per heavy atom. The summed E-state index contributed by atoms with van der Waals surface area (Å²) in [7, 11) is 1.60. The Hall–Kier alpha value is -4.49. The van der Waals surface area contributed by atoms with Crippen molar-refractivity contribution in [1.29, 1.82) is 0 Å². The maximum Gasteiger partial charge on any atom is 0.456 e. The van der Waals surface area contributed by atoms with Gasteiger partial charge in [-0.25, -0.2) is 24.1 Å². The first-order chi connectivity index (χ1) is 17.5. The van der Waals surface area contributed by atoms with E-state index in [2.05, 4.69) is 15.1 Å². The molecule has 3 aromatic heterocycles. The number of aryl methyl sites for hydroxylation is 2. The molecule has 1 N–H and O–H groups in total. The van der Waals surface area contributed by atoms with Gasteiger partial charge in [-0.2, -0.15) is 18.3 Å². The van der Waals surface area contributed by atoms with Crippen LogP contribution >= 0.6 is 0 Å². The summed E-state index contributed by atoms with van der Waals surface area (Å²) in [5.41, 5.74) is 0.651. The number of ether oxygens (including phenoxy) is 1. The number of nitrogens with zero attached hydrogens (tertiary/aromatic N) is 6. The summed E-state index contributed by atoms with van der Waals surface area (Å²) in [4.78, 5) is 33.1. The molecule has 0 radical (unpaired) electrons. The Morgan fingerprint density at radius 2 is 2.03 bits per heavy atom. The summed E-state index contributed by atoms with van der Waals surface area (Å²) in [6.07, 6.45) is -4.42. The Bertz CT molecular complexity index is 1580. The molecule has 14 heteroatoms. The molecule has 4 heterocycles. The van der Waals surface area contributed by atoms with Crippen molar-refractivity contribution < 1.29 is 37.0 Å². The predicted octanol–water partition coefficient (Wildman–Crippen LogP) is 3.94. The number of amides is 1. The molecule has 1 aliphatic heterocycles. The fourth-order valence-corrected chi connectivity index (χ4v) is 4.33. The molecule has 0 saturated heterocycles. The van der Waals surface area contributed by atoms with E-state index in [1.165, 1.54) is 16.9 Å². The second-order valence-electron chi connectivity index (χ2n) is 8.38. The molecule has 37 heavy (non-hydrogen) atoms. The van der Waals surface area contributed by atoms with Crippen molar-refractivity contribution in [3.05, 3.63) is 58.9 Å². The molecule has 0 aliphatic carbocycles. The molecule has 5 rings (SSSR count). The van der Waals surface area contributed by atoms with E-state index < -0.39 is 36.1 Å². The van der Waals surface area contributed by atoms with Crippen molar-refractivity contribution in [3.8, 4) is 17.0 Å². The Balaban J connectivity index is 1.71. The van der Waals surface area contributed by atoms with Crippen molar-refractivity contribution in [2.75, 3.05) is 11.5 Å². The van der Waals surface area contributed by atoms with Gasteiger partial charge in [0.2, 0.25) is 5.95 Å². The van der Waals surface area contributed by atoms with Gasteiger partial charge in [-0.3, -0.25) is 13.9 Å². The van der Waals surface area contributed by atoms with E-state index in [9.17, 15) is 32.3 Å². The largest absolute Gasteiger partial charge is 0.493 e. The number of carbonyl (C=O) groups is 2. The van der Waals surface area contributed by atoms with Gasteiger partial charge in [0.05, 0.1) is 30.1 Å². The summed E-state index contributed by atoms with van der Waals surface area (Å²) >= 11 is 0. The van der Waals surface area contributed by atoms with Crippen molar-refractivity contribution >= 4 is 23.5 Å². The van der Waals surface area contributed by atoms with Crippen LogP contribution in [0.25, 0.3) is 16.9 Å². The number of anilines is 1. The quantitative estimate of drug-likeness (QED) is 0.314. The third kappa shape index (κ3) is 4.13. The number of ketones is 1. The van der Waals surface area contributed by atoms with Crippen LogP contribution in [0.3, 0.4) is 0 Å². The molecule has 192 valence electrons.